The monoisotopic (exact) mass is 237 g/mol. The third-order valence-corrected chi connectivity index (χ3v) is 2.43. The number of nitrogens with two attached hydrogens (primary N) is 1. The molecule has 86 valence electrons. The Bertz CT molecular complexity index is 460. The molecule has 0 aliphatic rings. The zero-order valence-electron chi connectivity index (χ0n) is 9.47. The van der Waals surface area contributed by atoms with Crippen molar-refractivity contribution in [3.63, 3.8) is 0 Å². The molecule has 3 nitrogen and oxygen atoms in total. The van der Waals surface area contributed by atoms with E-state index in [2.05, 4.69) is 18.1 Å². The molecule has 0 aliphatic carbocycles. The summed E-state index contributed by atoms with van der Waals surface area (Å²) in [6.07, 6.45) is 0. The van der Waals surface area contributed by atoms with E-state index in [1.165, 1.54) is 0 Å². The van der Waals surface area contributed by atoms with Crippen LogP contribution in [-0.2, 0) is 6.54 Å². The summed E-state index contributed by atoms with van der Waals surface area (Å²) in [5.74, 6) is 0. The molecular formula is C12H16ClN3. The molecule has 4 heteroatoms. The number of benzene rings is 1. The molecule has 0 atom stereocenters. The van der Waals surface area contributed by atoms with Crippen LogP contribution < -0.4 is 5.73 Å². The molecule has 0 radical (unpaired) electrons. The van der Waals surface area contributed by atoms with E-state index in [0.29, 0.717) is 6.54 Å². The molecule has 0 bridgehead atoms. The van der Waals surface area contributed by atoms with Crippen molar-refractivity contribution in [3.8, 4) is 5.69 Å². The van der Waals surface area contributed by atoms with Crippen LogP contribution >= 0.6 is 12.4 Å². The van der Waals surface area contributed by atoms with Gasteiger partial charge >= 0.3 is 0 Å². The number of aromatic nitrogens is 2. The summed E-state index contributed by atoms with van der Waals surface area (Å²) in [5, 5.41) is 4.42. The average molecular weight is 238 g/mol. The second-order valence-electron chi connectivity index (χ2n) is 3.71. The Labute approximate surface area is 102 Å². The van der Waals surface area contributed by atoms with Crippen LogP contribution in [0.2, 0.25) is 0 Å². The Morgan fingerprint density at radius 1 is 1.19 bits per heavy atom. The predicted octanol–water partition coefficient (Wildman–Crippen LogP) is 2.37. The second-order valence-corrected chi connectivity index (χ2v) is 3.71. The van der Waals surface area contributed by atoms with Gasteiger partial charge in [-0.15, -0.1) is 12.4 Å². The maximum absolute atomic E-state index is 5.55. The van der Waals surface area contributed by atoms with Gasteiger partial charge in [-0.1, -0.05) is 12.1 Å². The number of rotatable bonds is 2. The van der Waals surface area contributed by atoms with Crippen LogP contribution in [-0.4, -0.2) is 9.78 Å². The quantitative estimate of drug-likeness (QED) is 0.872. The van der Waals surface area contributed by atoms with Gasteiger partial charge in [0.05, 0.1) is 11.4 Å². The van der Waals surface area contributed by atoms with Gasteiger partial charge in [0.2, 0.25) is 0 Å². The van der Waals surface area contributed by atoms with Gasteiger partial charge in [0.25, 0.3) is 0 Å². The third kappa shape index (κ3) is 2.43. The van der Waals surface area contributed by atoms with E-state index >= 15 is 0 Å². The van der Waals surface area contributed by atoms with Crippen LogP contribution in [0.1, 0.15) is 17.0 Å². The van der Waals surface area contributed by atoms with Crippen molar-refractivity contribution < 1.29 is 0 Å². The SMILES string of the molecule is Cc1cc(C)n(-c2ccc(CN)cc2)n1.Cl. The first-order chi connectivity index (χ1) is 7.20. The van der Waals surface area contributed by atoms with Crippen molar-refractivity contribution in [1.29, 1.82) is 0 Å². The predicted molar refractivity (Wildman–Crippen MR) is 68.2 cm³/mol. The minimum Gasteiger partial charge on any atom is -0.326 e. The lowest BCUT2D eigenvalue weighted by molar-refractivity contribution is 0.832. The number of halogens is 1. The molecular weight excluding hydrogens is 222 g/mol. The first-order valence-corrected chi connectivity index (χ1v) is 5.03. The largest absolute Gasteiger partial charge is 0.326 e. The van der Waals surface area contributed by atoms with Gasteiger partial charge in [-0.3, -0.25) is 0 Å². The number of aryl methyl sites for hydroxylation is 2. The molecule has 1 heterocycles. The van der Waals surface area contributed by atoms with E-state index < -0.39 is 0 Å². The van der Waals surface area contributed by atoms with Gasteiger partial charge < -0.3 is 5.73 Å². The average Bonchev–Trinajstić information content (AvgIpc) is 2.58. The molecule has 0 fully saturated rings. The summed E-state index contributed by atoms with van der Waals surface area (Å²) in [4.78, 5) is 0. The highest BCUT2D eigenvalue weighted by molar-refractivity contribution is 5.85. The minimum atomic E-state index is 0. The van der Waals surface area contributed by atoms with Crippen LogP contribution in [0.4, 0.5) is 0 Å². The van der Waals surface area contributed by atoms with Crippen molar-refractivity contribution in [2.45, 2.75) is 20.4 Å². The van der Waals surface area contributed by atoms with E-state index in [9.17, 15) is 0 Å². The molecule has 0 saturated heterocycles. The van der Waals surface area contributed by atoms with Gasteiger partial charge in [-0.2, -0.15) is 5.10 Å². The normalized spacial score (nSPS) is 9.94. The third-order valence-electron chi connectivity index (χ3n) is 2.43. The van der Waals surface area contributed by atoms with Crippen LogP contribution in [0, 0.1) is 13.8 Å². The molecule has 2 aromatic rings. The Balaban J connectivity index is 0.00000128. The van der Waals surface area contributed by atoms with Crippen molar-refractivity contribution in [1.82, 2.24) is 9.78 Å². The van der Waals surface area contributed by atoms with Crippen LogP contribution in [0.3, 0.4) is 0 Å². The molecule has 16 heavy (non-hydrogen) atoms. The highest BCUT2D eigenvalue weighted by atomic mass is 35.5. The van der Waals surface area contributed by atoms with Gasteiger partial charge in [0, 0.05) is 12.2 Å². The fraction of sp³-hybridized carbons (Fsp3) is 0.250. The van der Waals surface area contributed by atoms with Crippen LogP contribution in [0.25, 0.3) is 5.69 Å². The lowest BCUT2D eigenvalue weighted by Crippen LogP contribution is -2.00. The summed E-state index contributed by atoms with van der Waals surface area (Å²) in [6, 6.07) is 10.2. The maximum Gasteiger partial charge on any atom is 0.0648 e. The molecule has 2 N–H and O–H groups in total. The number of nitrogens with zero attached hydrogens (tertiary/aromatic N) is 2. The van der Waals surface area contributed by atoms with Gasteiger partial charge in [0.15, 0.2) is 0 Å². The van der Waals surface area contributed by atoms with Gasteiger partial charge in [-0.05, 0) is 37.6 Å². The summed E-state index contributed by atoms with van der Waals surface area (Å²) >= 11 is 0. The molecule has 1 aromatic heterocycles. The second kappa shape index (κ2) is 5.14. The van der Waals surface area contributed by atoms with E-state index in [1.807, 2.05) is 35.9 Å². The minimum absolute atomic E-state index is 0. The summed E-state index contributed by atoms with van der Waals surface area (Å²) < 4.78 is 1.94. The van der Waals surface area contributed by atoms with Crippen molar-refractivity contribution in [2.24, 2.45) is 5.73 Å². The summed E-state index contributed by atoms with van der Waals surface area (Å²) in [6.45, 7) is 4.63. The van der Waals surface area contributed by atoms with E-state index in [1.54, 1.807) is 0 Å². The molecule has 0 saturated carbocycles. The topological polar surface area (TPSA) is 43.8 Å². The van der Waals surface area contributed by atoms with E-state index in [0.717, 1.165) is 22.6 Å². The smallest absolute Gasteiger partial charge is 0.0648 e. The zero-order chi connectivity index (χ0) is 10.8. The molecule has 0 unspecified atom stereocenters. The van der Waals surface area contributed by atoms with E-state index in [4.69, 9.17) is 5.73 Å². The van der Waals surface area contributed by atoms with E-state index in [-0.39, 0.29) is 12.4 Å². The van der Waals surface area contributed by atoms with Crippen LogP contribution in [0.15, 0.2) is 30.3 Å². The fourth-order valence-electron chi connectivity index (χ4n) is 1.66. The van der Waals surface area contributed by atoms with Crippen LogP contribution in [0.5, 0.6) is 0 Å². The zero-order valence-corrected chi connectivity index (χ0v) is 10.3. The summed E-state index contributed by atoms with van der Waals surface area (Å²) in [5.41, 5.74) is 9.95. The molecule has 2 rings (SSSR count). The Morgan fingerprint density at radius 2 is 1.81 bits per heavy atom. The van der Waals surface area contributed by atoms with Gasteiger partial charge in [-0.25, -0.2) is 4.68 Å². The molecule has 0 amide bonds. The Kier molecular flexibility index (Phi) is 4.10. The molecule has 0 spiro atoms. The molecule has 1 aromatic carbocycles. The highest BCUT2D eigenvalue weighted by Crippen LogP contribution is 2.12. The van der Waals surface area contributed by atoms with Crippen molar-refractivity contribution >= 4 is 12.4 Å². The fourth-order valence-corrected chi connectivity index (χ4v) is 1.66. The first-order valence-electron chi connectivity index (χ1n) is 5.03. The molecule has 0 aliphatic heterocycles. The number of hydrogen-bond acceptors (Lipinski definition) is 2. The standard InChI is InChI=1S/C12H15N3.ClH/c1-9-7-10(2)15(14-9)12-5-3-11(8-13)4-6-12;/h3-7H,8,13H2,1-2H3;1H. The van der Waals surface area contributed by atoms with Crippen molar-refractivity contribution in [2.75, 3.05) is 0 Å². The first kappa shape index (κ1) is 12.7. The maximum atomic E-state index is 5.55. The lowest BCUT2D eigenvalue weighted by Gasteiger charge is -2.04. The Hall–Kier alpha value is -1.32. The Morgan fingerprint density at radius 3 is 2.25 bits per heavy atom. The number of hydrogen-bond donors (Lipinski definition) is 1. The van der Waals surface area contributed by atoms with Crippen molar-refractivity contribution in [3.05, 3.63) is 47.3 Å². The highest BCUT2D eigenvalue weighted by Gasteiger charge is 2.02. The lowest BCUT2D eigenvalue weighted by atomic mass is 10.2. The van der Waals surface area contributed by atoms with Gasteiger partial charge in [0.1, 0.15) is 0 Å². The summed E-state index contributed by atoms with van der Waals surface area (Å²) in [7, 11) is 0.